The number of thioether (sulfide) groups is 1. The summed E-state index contributed by atoms with van der Waals surface area (Å²) >= 11 is 7.45. The first-order valence-corrected chi connectivity index (χ1v) is 7.10. The number of aromatic nitrogens is 2. The molecule has 2 heterocycles. The Balaban J connectivity index is 2.25. The van der Waals surface area contributed by atoms with Crippen LogP contribution in [0.5, 0.6) is 0 Å². The molecule has 1 aliphatic rings. The Morgan fingerprint density at radius 3 is 3.12 bits per heavy atom. The summed E-state index contributed by atoms with van der Waals surface area (Å²) in [5, 5.41) is 0. The summed E-state index contributed by atoms with van der Waals surface area (Å²) in [6.45, 7) is 2.13. The van der Waals surface area contributed by atoms with Crippen molar-refractivity contribution in [1.29, 1.82) is 0 Å². The van der Waals surface area contributed by atoms with Gasteiger partial charge >= 0.3 is 0 Å². The Labute approximate surface area is 104 Å². The predicted molar refractivity (Wildman–Crippen MR) is 72.8 cm³/mol. The highest BCUT2D eigenvalue weighted by atomic mass is 32.2. The van der Waals surface area contributed by atoms with Crippen LogP contribution in [-0.2, 0) is 0 Å². The number of benzene rings is 1. The van der Waals surface area contributed by atoms with Crippen LogP contribution in [0.2, 0.25) is 0 Å². The first-order valence-electron chi connectivity index (χ1n) is 5.54. The number of hydrogen-bond donors (Lipinski definition) is 1. The normalized spacial score (nSPS) is 20.7. The van der Waals surface area contributed by atoms with Crippen LogP contribution in [0.3, 0.4) is 0 Å². The second kappa shape index (κ2) is 3.93. The Bertz CT molecular complexity index is 576. The summed E-state index contributed by atoms with van der Waals surface area (Å²) in [6, 6.07) is 7.05. The van der Waals surface area contributed by atoms with Crippen molar-refractivity contribution >= 4 is 35.0 Å². The van der Waals surface area contributed by atoms with Gasteiger partial charge in [0, 0.05) is 11.8 Å². The smallest absolute Gasteiger partial charge is 0.178 e. The molecule has 1 N–H and O–H groups in total. The van der Waals surface area contributed by atoms with Crippen LogP contribution >= 0.6 is 24.0 Å². The molecule has 0 radical (unpaired) electrons. The first kappa shape index (κ1) is 10.4. The van der Waals surface area contributed by atoms with Crippen molar-refractivity contribution in [1.82, 2.24) is 9.55 Å². The maximum Gasteiger partial charge on any atom is 0.178 e. The minimum Gasteiger partial charge on any atom is -0.331 e. The maximum atomic E-state index is 5.43. The highest BCUT2D eigenvalue weighted by molar-refractivity contribution is 7.99. The molecule has 1 saturated heterocycles. The number of aryl methyl sites for hydroxylation is 1. The molecule has 1 unspecified atom stereocenters. The molecule has 0 amide bonds. The van der Waals surface area contributed by atoms with Crippen molar-refractivity contribution in [3.05, 3.63) is 28.5 Å². The fourth-order valence-corrected chi connectivity index (χ4v) is 3.87. The molecule has 1 aliphatic heterocycles. The molecule has 2 aromatic rings. The van der Waals surface area contributed by atoms with Gasteiger partial charge in [-0.15, -0.1) is 0 Å². The fourth-order valence-electron chi connectivity index (χ4n) is 2.32. The monoisotopic (exact) mass is 250 g/mol. The van der Waals surface area contributed by atoms with Crippen molar-refractivity contribution < 1.29 is 0 Å². The number of imidazole rings is 1. The lowest BCUT2D eigenvalue weighted by molar-refractivity contribution is 0.569. The second-order valence-electron chi connectivity index (χ2n) is 4.34. The zero-order valence-electron chi connectivity index (χ0n) is 9.19. The lowest BCUT2D eigenvalue weighted by Gasteiger charge is -2.11. The van der Waals surface area contributed by atoms with Crippen LogP contribution in [0.4, 0.5) is 0 Å². The number of rotatable bonds is 1. The van der Waals surface area contributed by atoms with Gasteiger partial charge < -0.3 is 9.55 Å². The molecule has 84 valence electrons. The second-order valence-corrected chi connectivity index (χ2v) is 5.87. The van der Waals surface area contributed by atoms with E-state index in [0.29, 0.717) is 6.04 Å². The van der Waals surface area contributed by atoms with E-state index in [1.54, 1.807) is 0 Å². The van der Waals surface area contributed by atoms with Gasteiger partial charge in [-0.25, -0.2) is 0 Å². The Hall–Kier alpha value is -0.740. The van der Waals surface area contributed by atoms with Gasteiger partial charge in [-0.3, -0.25) is 0 Å². The van der Waals surface area contributed by atoms with E-state index >= 15 is 0 Å². The topological polar surface area (TPSA) is 20.7 Å². The molecule has 1 aromatic carbocycles. The summed E-state index contributed by atoms with van der Waals surface area (Å²) in [7, 11) is 0. The number of nitrogens with zero attached hydrogens (tertiary/aromatic N) is 1. The van der Waals surface area contributed by atoms with E-state index in [1.165, 1.54) is 29.0 Å². The van der Waals surface area contributed by atoms with E-state index in [0.717, 1.165) is 10.3 Å². The Morgan fingerprint density at radius 1 is 1.50 bits per heavy atom. The Morgan fingerprint density at radius 2 is 2.38 bits per heavy atom. The number of aromatic amines is 1. The molecule has 16 heavy (non-hydrogen) atoms. The van der Waals surface area contributed by atoms with Gasteiger partial charge in [0.05, 0.1) is 11.0 Å². The molecule has 4 heteroatoms. The van der Waals surface area contributed by atoms with Crippen LogP contribution in [-0.4, -0.2) is 21.1 Å². The zero-order valence-corrected chi connectivity index (χ0v) is 10.8. The highest BCUT2D eigenvalue weighted by Gasteiger charge is 2.20. The van der Waals surface area contributed by atoms with Crippen molar-refractivity contribution in [2.75, 3.05) is 11.5 Å². The predicted octanol–water partition coefficient (Wildman–Crippen LogP) is 3.69. The van der Waals surface area contributed by atoms with Gasteiger partial charge in [-0.05, 0) is 49.0 Å². The molecule has 0 aliphatic carbocycles. The van der Waals surface area contributed by atoms with E-state index in [4.69, 9.17) is 12.2 Å². The zero-order chi connectivity index (χ0) is 11.1. The molecule has 1 aromatic heterocycles. The van der Waals surface area contributed by atoms with Gasteiger partial charge in [0.1, 0.15) is 0 Å². The third-order valence-corrected chi connectivity index (χ3v) is 4.59. The standard InChI is InChI=1S/C12H14N2S2/c1-8-2-3-10-11(6-8)14(12(15)13-10)9-4-5-16-7-9/h2-3,6,9H,4-5,7H2,1H3,(H,13,15). The molecule has 0 saturated carbocycles. The summed E-state index contributed by atoms with van der Waals surface area (Å²) in [6.07, 6.45) is 1.24. The summed E-state index contributed by atoms with van der Waals surface area (Å²) in [5.41, 5.74) is 3.71. The van der Waals surface area contributed by atoms with Crippen molar-refractivity contribution in [2.45, 2.75) is 19.4 Å². The number of hydrogen-bond acceptors (Lipinski definition) is 2. The van der Waals surface area contributed by atoms with E-state index in [1.807, 2.05) is 11.8 Å². The van der Waals surface area contributed by atoms with E-state index in [2.05, 4.69) is 34.7 Å². The first-order chi connectivity index (χ1) is 7.75. The lowest BCUT2D eigenvalue weighted by Crippen LogP contribution is -2.07. The number of fused-ring (bicyclic) bond motifs is 1. The molecule has 2 nitrogen and oxygen atoms in total. The molecule has 1 fully saturated rings. The van der Waals surface area contributed by atoms with Crippen LogP contribution < -0.4 is 0 Å². The third-order valence-electron chi connectivity index (χ3n) is 3.14. The molecular formula is C12H14N2S2. The maximum absolute atomic E-state index is 5.43. The summed E-state index contributed by atoms with van der Waals surface area (Å²) in [4.78, 5) is 3.30. The van der Waals surface area contributed by atoms with Crippen LogP contribution in [0.25, 0.3) is 11.0 Å². The molecular weight excluding hydrogens is 236 g/mol. The Kier molecular flexibility index (Phi) is 2.56. The number of nitrogens with one attached hydrogen (secondary N) is 1. The molecule has 0 spiro atoms. The largest absolute Gasteiger partial charge is 0.331 e. The highest BCUT2D eigenvalue weighted by Crippen LogP contribution is 2.31. The lowest BCUT2D eigenvalue weighted by atomic mass is 10.2. The number of H-pyrrole nitrogens is 1. The van der Waals surface area contributed by atoms with Crippen molar-refractivity contribution in [3.63, 3.8) is 0 Å². The van der Waals surface area contributed by atoms with Crippen LogP contribution in [0.1, 0.15) is 18.0 Å². The molecule has 3 rings (SSSR count). The third kappa shape index (κ3) is 1.60. The van der Waals surface area contributed by atoms with Gasteiger partial charge in [0.2, 0.25) is 0 Å². The summed E-state index contributed by atoms with van der Waals surface area (Å²) < 4.78 is 3.17. The van der Waals surface area contributed by atoms with Crippen LogP contribution in [0, 0.1) is 11.7 Å². The quantitative estimate of drug-likeness (QED) is 0.779. The fraction of sp³-hybridized carbons (Fsp3) is 0.417. The molecule has 1 atom stereocenters. The average Bonchev–Trinajstić information content (AvgIpc) is 2.83. The minimum absolute atomic E-state index is 0.577. The van der Waals surface area contributed by atoms with Crippen LogP contribution in [0.15, 0.2) is 18.2 Å². The van der Waals surface area contributed by atoms with E-state index in [-0.39, 0.29) is 0 Å². The van der Waals surface area contributed by atoms with E-state index in [9.17, 15) is 0 Å². The average molecular weight is 250 g/mol. The van der Waals surface area contributed by atoms with Gasteiger partial charge in [0.15, 0.2) is 4.77 Å². The van der Waals surface area contributed by atoms with Gasteiger partial charge in [-0.1, -0.05) is 6.07 Å². The van der Waals surface area contributed by atoms with Crippen molar-refractivity contribution in [3.8, 4) is 0 Å². The molecule has 0 bridgehead atoms. The van der Waals surface area contributed by atoms with E-state index < -0.39 is 0 Å². The van der Waals surface area contributed by atoms with Gasteiger partial charge in [-0.2, -0.15) is 11.8 Å². The van der Waals surface area contributed by atoms with Crippen molar-refractivity contribution in [2.24, 2.45) is 0 Å². The van der Waals surface area contributed by atoms with Gasteiger partial charge in [0.25, 0.3) is 0 Å². The summed E-state index contributed by atoms with van der Waals surface area (Å²) in [5.74, 6) is 2.44. The SMILES string of the molecule is Cc1ccc2[nH]c(=S)n(C3CCSC3)c2c1. The minimum atomic E-state index is 0.577.